The van der Waals surface area contributed by atoms with E-state index in [0.29, 0.717) is 12.1 Å². The van der Waals surface area contributed by atoms with Crippen LogP contribution in [-0.4, -0.2) is 12.1 Å². The van der Waals surface area contributed by atoms with E-state index in [-0.39, 0.29) is 0 Å². The van der Waals surface area contributed by atoms with Crippen LogP contribution in [0.1, 0.15) is 31.2 Å². The zero-order valence-corrected chi connectivity index (χ0v) is 9.37. The third kappa shape index (κ3) is 2.51. The van der Waals surface area contributed by atoms with E-state index in [0.717, 1.165) is 6.42 Å². The molecule has 2 heteroatoms. The van der Waals surface area contributed by atoms with Crippen molar-refractivity contribution < 1.29 is 0 Å². The number of hydrogen-bond acceptors (Lipinski definition) is 2. The number of rotatable bonds is 2. The average molecular weight is 204 g/mol. The van der Waals surface area contributed by atoms with Gasteiger partial charge in [-0.25, -0.2) is 0 Å². The van der Waals surface area contributed by atoms with Crippen molar-refractivity contribution in [3.63, 3.8) is 0 Å². The molecule has 2 rings (SSSR count). The summed E-state index contributed by atoms with van der Waals surface area (Å²) in [7, 11) is 0. The van der Waals surface area contributed by atoms with Gasteiger partial charge in [0.15, 0.2) is 0 Å². The average Bonchev–Trinajstić information content (AvgIpc) is 2.24. The zero-order chi connectivity index (χ0) is 10.7. The van der Waals surface area contributed by atoms with Gasteiger partial charge in [-0.2, -0.15) is 0 Å². The van der Waals surface area contributed by atoms with Gasteiger partial charge in [-0.1, -0.05) is 31.0 Å². The van der Waals surface area contributed by atoms with Gasteiger partial charge in [-0.05, 0) is 31.4 Å². The van der Waals surface area contributed by atoms with Crippen LogP contribution >= 0.6 is 0 Å². The summed E-state index contributed by atoms with van der Waals surface area (Å²) in [6.07, 6.45) is 4.95. The van der Waals surface area contributed by atoms with Crippen LogP contribution in [0, 0.1) is 6.92 Å². The van der Waals surface area contributed by atoms with E-state index in [9.17, 15) is 0 Å². The summed E-state index contributed by atoms with van der Waals surface area (Å²) in [6, 6.07) is 9.19. The van der Waals surface area contributed by atoms with Crippen molar-refractivity contribution in [3.8, 4) is 0 Å². The topological polar surface area (TPSA) is 38.0 Å². The maximum atomic E-state index is 6.11. The van der Waals surface area contributed by atoms with Crippen LogP contribution in [0.5, 0.6) is 0 Å². The van der Waals surface area contributed by atoms with Crippen LogP contribution in [0.25, 0.3) is 0 Å². The number of hydrogen-bond donors (Lipinski definition) is 2. The Morgan fingerprint density at radius 3 is 2.67 bits per heavy atom. The molecule has 1 aliphatic rings. The largest absolute Gasteiger partial charge is 0.381 e. The summed E-state index contributed by atoms with van der Waals surface area (Å²) < 4.78 is 0. The fourth-order valence-electron chi connectivity index (χ4n) is 2.27. The minimum absolute atomic E-state index is 0.318. The summed E-state index contributed by atoms with van der Waals surface area (Å²) in [4.78, 5) is 0. The Morgan fingerprint density at radius 2 is 1.93 bits per heavy atom. The predicted molar refractivity (Wildman–Crippen MR) is 65.0 cm³/mol. The molecule has 1 saturated carbocycles. The van der Waals surface area contributed by atoms with Gasteiger partial charge in [0.05, 0.1) is 0 Å². The number of para-hydroxylation sites is 1. The lowest BCUT2D eigenvalue weighted by atomic mass is 9.90. The third-order valence-electron chi connectivity index (χ3n) is 3.31. The highest BCUT2D eigenvalue weighted by molar-refractivity contribution is 5.51. The molecule has 2 nitrogen and oxygen atoms in total. The van der Waals surface area contributed by atoms with E-state index in [1.807, 2.05) is 0 Å². The standard InChI is InChI=1S/C13H20N2/c1-10-6-2-4-8-12(10)15-13-9-5-3-7-11(13)14/h2,4,6,8,11,13,15H,3,5,7,9,14H2,1H3. The second kappa shape index (κ2) is 4.67. The molecule has 0 amide bonds. The SMILES string of the molecule is Cc1ccccc1NC1CCCCC1N. The van der Waals surface area contributed by atoms with Gasteiger partial charge >= 0.3 is 0 Å². The molecular weight excluding hydrogens is 184 g/mol. The van der Waals surface area contributed by atoms with Gasteiger partial charge in [0.1, 0.15) is 0 Å². The lowest BCUT2D eigenvalue weighted by Gasteiger charge is -2.30. The first-order chi connectivity index (χ1) is 7.27. The van der Waals surface area contributed by atoms with Gasteiger partial charge in [0.25, 0.3) is 0 Å². The van der Waals surface area contributed by atoms with Crippen molar-refractivity contribution >= 4 is 5.69 Å². The molecule has 2 unspecified atom stereocenters. The Balaban J connectivity index is 2.04. The van der Waals surface area contributed by atoms with E-state index in [2.05, 4.69) is 36.5 Å². The van der Waals surface area contributed by atoms with Gasteiger partial charge in [0.2, 0.25) is 0 Å². The molecule has 3 N–H and O–H groups in total. The quantitative estimate of drug-likeness (QED) is 0.777. The maximum Gasteiger partial charge on any atom is 0.0412 e. The number of nitrogens with one attached hydrogen (secondary N) is 1. The fraction of sp³-hybridized carbons (Fsp3) is 0.538. The van der Waals surface area contributed by atoms with Crippen LogP contribution in [0.3, 0.4) is 0 Å². The molecular formula is C13H20N2. The zero-order valence-electron chi connectivity index (χ0n) is 9.37. The Bertz CT molecular complexity index is 322. The van der Waals surface area contributed by atoms with Crippen LogP contribution in [-0.2, 0) is 0 Å². The minimum atomic E-state index is 0.318. The molecule has 0 heterocycles. The lowest BCUT2D eigenvalue weighted by molar-refractivity contribution is 0.404. The van der Waals surface area contributed by atoms with Crippen LogP contribution in [0.4, 0.5) is 5.69 Å². The molecule has 0 aliphatic heterocycles. The van der Waals surface area contributed by atoms with Gasteiger partial charge in [0, 0.05) is 17.8 Å². The first kappa shape index (κ1) is 10.5. The van der Waals surface area contributed by atoms with Crippen LogP contribution in [0.2, 0.25) is 0 Å². The summed E-state index contributed by atoms with van der Waals surface area (Å²) in [5.41, 5.74) is 8.65. The number of aryl methyl sites for hydroxylation is 1. The second-order valence-electron chi connectivity index (χ2n) is 4.51. The van der Waals surface area contributed by atoms with Crippen molar-refractivity contribution in [2.24, 2.45) is 5.73 Å². The van der Waals surface area contributed by atoms with E-state index in [1.165, 1.54) is 30.5 Å². The monoisotopic (exact) mass is 204 g/mol. The second-order valence-corrected chi connectivity index (χ2v) is 4.51. The first-order valence-corrected chi connectivity index (χ1v) is 5.85. The van der Waals surface area contributed by atoms with Crippen molar-refractivity contribution in [2.75, 3.05) is 5.32 Å². The van der Waals surface area contributed by atoms with Gasteiger partial charge in [-0.15, -0.1) is 0 Å². The molecule has 0 bridgehead atoms. The summed E-state index contributed by atoms with van der Waals surface area (Å²) in [5.74, 6) is 0. The molecule has 15 heavy (non-hydrogen) atoms. The number of benzene rings is 1. The molecule has 1 aliphatic carbocycles. The number of nitrogens with two attached hydrogens (primary N) is 1. The van der Waals surface area contributed by atoms with E-state index < -0.39 is 0 Å². The van der Waals surface area contributed by atoms with Crippen molar-refractivity contribution in [1.82, 2.24) is 0 Å². The van der Waals surface area contributed by atoms with E-state index in [1.54, 1.807) is 0 Å². The Morgan fingerprint density at radius 1 is 1.20 bits per heavy atom. The molecule has 1 aromatic rings. The minimum Gasteiger partial charge on any atom is -0.381 e. The van der Waals surface area contributed by atoms with Gasteiger partial charge < -0.3 is 11.1 Å². The fourth-order valence-corrected chi connectivity index (χ4v) is 2.27. The van der Waals surface area contributed by atoms with Crippen LogP contribution in [0.15, 0.2) is 24.3 Å². The van der Waals surface area contributed by atoms with E-state index >= 15 is 0 Å². The summed E-state index contributed by atoms with van der Waals surface area (Å²) in [5, 5.41) is 3.57. The molecule has 1 fully saturated rings. The molecule has 2 atom stereocenters. The predicted octanol–water partition coefficient (Wildman–Crippen LogP) is 2.68. The molecule has 0 radical (unpaired) electrons. The maximum absolute atomic E-state index is 6.11. The normalized spacial score (nSPS) is 26.3. The molecule has 0 spiro atoms. The molecule has 0 aromatic heterocycles. The highest BCUT2D eigenvalue weighted by Gasteiger charge is 2.21. The van der Waals surface area contributed by atoms with Gasteiger partial charge in [-0.3, -0.25) is 0 Å². The lowest BCUT2D eigenvalue weighted by Crippen LogP contribution is -2.42. The Labute approximate surface area is 91.9 Å². The Hall–Kier alpha value is -1.02. The van der Waals surface area contributed by atoms with Crippen LogP contribution < -0.4 is 11.1 Å². The number of anilines is 1. The first-order valence-electron chi connectivity index (χ1n) is 5.85. The third-order valence-corrected chi connectivity index (χ3v) is 3.31. The molecule has 0 saturated heterocycles. The van der Waals surface area contributed by atoms with Crippen molar-refractivity contribution in [1.29, 1.82) is 0 Å². The molecule has 82 valence electrons. The molecule has 1 aromatic carbocycles. The van der Waals surface area contributed by atoms with E-state index in [4.69, 9.17) is 5.73 Å². The highest BCUT2D eigenvalue weighted by Crippen LogP contribution is 2.22. The summed E-state index contributed by atoms with van der Waals surface area (Å²) in [6.45, 7) is 2.14. The highest BCUT2D eigenvalue weighted by atomic mass is 15.0. The Kier molecular flexibility index (Phi) is 3.27. The van der Waals surface area contributed by atoms with Crippen molar-refractivity contribution in [2.45, 2.75) is 44.7 Å². The smallest absolute Gasteiger partial charge is 0.0412 e. The summed E-state index contributed by atoms with van der Waals surface area (Å²) >= 11 is 0. The van der Waals surface area contributed by atoms with Crippen molar-refractivity contribution in [3.05, 3.63) is 29.8 Å².